The Balaban J connectivity index is 1.62. The highest BCUT2D eigenvalue weighted by Crippen LogP contribution is 2.23. The molecular weight excluding hydrogens is 323 g/mol. The molecule has 0 fully saturated rings. The van der Waals surface area contributed by atoms with E-state index in [1.807, 2.05) is 48.5 Å². The maximum atomic E-state index is 9.65. The standard InChI is InChI=1S/C17H19BN2O3S/c19-14-5-3-4-12(8-14)11-24-20-17(18(21)22)9-13-10-23-16-7-2-1-6-15(13)16/h1-8,10,17,20-22H,9,11,19H2/t17-/m0/s1. The fraction of sp³-hybridized carbons (Fsp3) is 0.176. The highest BCUT2D eigenvalue weighted by Gasteiger charge is 2.25. The summed E-state index contributed by atoms with van der Waals surface area (Å²) in [6.45, 7) is 0. The maximum Gasteiger partial charge on any atom is 0.470 e. The molecule has 124 valence electrons. The summed E-state index contributed by atoms with van der Waals surface area (Å²) in [6.07, 6.45) is 2.13. The monoisotopic (exact) mass is 342 g/mol. The molecule has 24 heavy (non-hydrogen) atoms. The quantitative estimate of drug-likeness (QED) is 0.299. The van der Waals surface area contributed by atoms with E-state index in [4.69, 9.17) is 10.2 Å². The van der Waals surface area contributed by atoms with Crippen molar-refractivity contribution >= 4 is 35.7 Å². The molecule has 2 aromatic carbocycles. The van der Waals surface area contributed by atoms with Crippen LogP contribution >= 0.6 is 11.9 Å². The number of nitrogens with one attached hydrogen (secondary N) is 1. The summed E-state index contributed by atoms with van der Waals surface area (Å²) < 4.78 is 8.63. The molecule has 0 unspecified atom stereocenters. The molecule has 0 saturated carbocycles. The molecule has 5 nitrogen and oxygen atoms in total. The van der Waals surface area contributed by atoms with Crippen LogP contribution < -0.4 is 10.5 Å². The second-order valence-electron chi connectivity index (χ2n) is 5.63. The summed E-state index contributed by atoms with van der Waals surface area (Å²) in [7, 11) is -1.47. The van der Waals surface area contributed by atoms with Crippen LogP contribution in [0.5, 0.6) is 0 Å². The van der Waals surface area contributed by atoms with Crippen molar-refractivity contribution in [3.8, 4) is 0 Å². The van der Waals surface area contributed by atoms with E-state index in [1.165, 1.54) is 11.9 Å². The molecule has 0 aliphatic rings. The topological polar surface area (TPSA) is 91.7 Å². The lowest BCUT2D eigenvalue weighted by Gasteiger charge is -2.16. The van der Waals surface area contributed by atoms with Gasteiger partial charge >= 0.3 is 7.12 Å². The predicted molar refractivity (Wildman–Crippen MR) is 99.2 cm³/mol. The summed E-state index contributed by atoms with van der Waals surface area (Å²) >= 11 is 1.42. The van der Waals surface area contributed by atoms with Crippen LogP contribution in [0.15, 0.2) is 59.2 Å². The van der Waals surface area contributed by atoms with Gasteiger partial charge in [0.15, 0.2) is 0 Å². The molecule has 0 amide bonds. The van der Waals surface area contributed by atoms with Gasteiger partial charge in [0.1, 0.15) is 5.58 Å². The first-order valence-electron chi connectivity index (χ1n) is 7.66. The van der Waals surface area contributed by atoms with Crippen molar-refractivity contribution in [1.82, 2.24) is 4.72 Å². The highest BCUT2D eigenvalue weighted by atomic mass is 32.2. The van der Waals surface area contributed by atoms with Gasteiger partial charge in [-0.15, -0.1) is 0 Å². The third kappa shape index (κ3) is 4.13. The Morgan fingerprint density at radius 3 is 2.79 bits per heavy atom. The van der Waals surface area contributed by atoms with Crippen LogP contribution in [0.25, 0.3) is 11.0 Å². The first-order chi connectivity index (χ1) is 11.6. The van der Waals surface area contributed by atoms with Crippen molar-refractivity contribution in [2.75, 3.05) is 5.73 Å². The Kier molecular flexibility index (Phi) is 5.47. The molecule has 1 aromatic heterocycles. The number of anilines is 1. The minimum atomic E-state index is -1.47. The Bertz CT molecular complexity index is 809. The molecule has 0 spiro atoms. The SMILES string of the molecule is Nc1cccc(CSN[C@@H](Cc2coc3ccccc23)B(O)O)c1. The second-order valence-corrected chi connectivity index (χ2v) is 6.45. The molecule has 1 heterocycles. The average molecular weight is 342 g/mol. The molecule has 0 radical (unpaired) electrons. The van der Waals surface area contributed by atoms with Gasteiger partial charge in [0.05, 0.1) is 12.2 Å². The van der Waals surface area contributed by atoms with E-state index in [0.717, 1.165) is 27.8 Å². The summed E-state index contributed by atoms with van der Waals surface area (Å²) in [5.41, 5.74) is 9.30. The van der Waals surface area contributed by atoms with Gasteiger partial charge in [-0.05, 0) is 35.7 Å². The van der Waals surface area contributed by atoms with Gasteiger partial charge in [-0.25, -0.2) is 0 Å². The number of rotatable bonds is 7. The average Bonchev–Trinajstić information content (AvgIpc) is 2.97. The number of hydrogen-bond donors (Lipinski definition) is 4. The summed E-state index contributed by atoms with van der Waals surface area (Å²) in [6, 6.07) is 15.3. The molecule has 1 atom stereocenters. The Morgan fingerprint density at radius 2 is 2.00 bits per heavy atom. The molecule has 0 bridgehead atoms. The Hall–Kier alpha value is -1.93. The Labute approximate surface area is 145 Å². The molecule has 3 aromatic rings. The van der Waals surface area contributed by atoms with E-state index in [-0.39, 0.29) is 0 Å². The van der Waals surface area contributed by atoms with Crippen molar-refractivity contribution in [3.63, 3.8) is 0 Å². The van der Waals surface area contributed by atoms with E-state index in [0.29, 0.717) is 12.2 Å². The largest absolute Gasteiger partial charge is 0.470 e. The normalized spacial score (nSPS) is 12.4. The van der Waals surface area contributed by atoms with Crippen LogP contribution in [0.3, 0.4) is 0 Å². The Morgan fingerprint density at radius 1 is 1.17 bits per heavy atom. The van der Waals surface area contributed by atoms with Gasteiger partial charge in [-0.3, -0.25) is 4.72 Å². The van der Waals surface area contributed by atoms with Gasteiger partial charge in [0, 0.05) is 16.8 Å². The third-order valence-corrected chi connectivity index (χ3v) is 4.73. The van der Waals surface area contributed by atoms with Crippen molar-refractivity contribution in [1.29, 1.82) is 0 Å². The number of hydrogen-bond acceptors (Lipinski definition) is 6. The van der Waals surface area contributed by atoms with Crippen molar-refractivity contribution in [2.24, 2.45) is 0 Å². The van der Waals surface area contributed by atoms with Crippen LogP contribution in [-0.2, 0) is 12.2 Å². The summed E-state index contributed by atoms with van der Waals surface area (Å²) in [5, 5.41) is 20.3. The molecule has 0 saturated heterocycles. The molecule has 7 heteroatoms. The van der Waals surface area contributed by atoms with Gasteiger partial charge in [-0.2, -0.15) is 0 Å². The predicted octanol–water partition coefficient (Wildman–Crippen LogP) is 2.38. The maximum absolute atomic E-state index is 9.65. The summed E-state index contributed by atoms with van der Waals surface area (Å²) in [4.78, 5) is 0. The minimum absolute atomic E-state index is 0.457. The fourth-order valence-electron chi connectivity index (χ4n) is 2.55. The molecule has 0 aliphatic carbocycles. The van der Waals surface area contributed by atoms with Gasteiger partial charge in [0.2, 0.25) is 0 Å². The van der Waals surface area contributed by atoms with Crippen LogP contribution in [-0.4, -0.2) is 23.1 Å². The lowest BCUT2D eigenvalue weighted by Crippen LogP contribution is -2.42. The van der Waals surface area contributed by atoms with Crippen molar-refractivity contribution < 1.29 is 14.5 Å². The van der Waals surface area contributed by atoms with Gasteiger partial charge in [-0.1, -0.05) is 42.3 Å². The first kappa shape index (κ1) is 16.9. The van der Waals surface area contributed by atoms with Crippen LogP contribution in [0.1, 0.15) is 11.1 Å². The van der Waals surface area contributed by atoms with Crippen molar-refractivity contribution in [3.05, 3.63) is 65.9 Å². The van der Waals surface area contributed by atoms with Crippen LogP contribution in [0, 0.1) is 0 Å². The van der Waals surface area contributed by atoms with E-state index in [1.54, 1.807) is 6.26 Å². The number of furan rings is 1. The molecule has 0 aliphatic heterocycles. The smallest absolute Gasteiger partial charge is 0.464 e. The van der Waals surface area contributed by atoms with Gasteiger partial charge in [0.25, 0.3) is 0 Å². The number of nitrogens with two attached hydrogens (primary N) is 1. The van der Waals surface area contributed by atoms with Gasteiger partial charge < -0.3 is 20.2 Å². The zero-order chi connectivity index (χ0) is 16.9. The minimum Gasteiger partial charge on any atom is -0.464 e. The second kappa shape index (κ2) is 7.76. The zero-order valence-electron chi connectivity index (χ0n) is 13.1. The van der Waals surface area contributed by atoms with Crippen LogP contribution in [0.4, 0.5) is 5.69 Å². The third-order valence-electron chi connectivity index (χ3n) is 3.79. The van der Waals surface area contributed by atoms with Crippen molar-refractivity contribution in [2.45, 2.75) is 18.1 Å². The number of benzene rings is 2. The van der Waals surface area contributed by atoms with E-state index in [2.05, 4.69) is 4.72 Å². The number of nitrogen functional groups attached to an aromatic ring is 1. The van der Waals surface area contributed by atoms with E-state index >= 15 is 0 Å². The van der Waals surface area contributed by atoms with E-state index < -0.39 is 13.1 Å². The fourth-order valence-corrected chi connectivity index (χ4v) is 3.40. The first-order valence-corrected chi connectivity index (χ1v) is 8.65. The zero-order valence-corrected chi connectivity index (χ0v) is 13.9. The van der Waals surface area contributed by atoms with E-state index in [9.17, 15) is 10.0 Å². The molecular formula is C17H19BN2O3S. The highest BCUT2D eigenvalue weighted by molar-refractivity contribution is 7.96. The lowest BCUT2D eigenvalue weighted by molar-refractivity contribution is 0.382. The number of para-hydroxylation sites is 1. The van der Waals surface area contributed by atoms with Crippen LogP contribution in [0.2, 0.25) is 0 Å². The number of fused-ring (bicyclic) bond motifs is 1. The lowest BCUT2D eigenvalue weighted by atomic mass is 9.77. The summed E-state index contributed by atoms with van der Waals surface area (Å²) in [5.74, 6) is 0.178. The molecule has 3 rings (SSSR count). The molecule has 5 N–H and O–H groups in total.